The average Bonchev–Trinajstić information content (AvgIpc) is 4.07. The molecule has 0 bridgehead atoms. The van der Waals surface area contributed by atoms with Gasteiger partial charge in [0.05, 0.1) is 33.5 Å². The molecule has 0 aliphatic carbocycles. The van der Waals surface area contributed by atoms with Crippen molar-refractivity contribution in [3.05, 3.63) is 174 Å². The van der Waals surface area contributed by atoms with E-state index in [0.29, 0.717) is 11.4 Å². The molecule has 0 radical (unpaired) electrons. The van der Waals surface area contributed by atoms with Crippen LogP contribution in [0, 0.1) is 0 Å². The molecule has 70 heavy (non-hydrogen) atoms. The van der Waals surface area contributed by atoms with Crippen LogP contribution in [-0.2, 0) is 10.8 Å². The number of rotatable bonds is 6. The zero-order valence-corrected chi connectivity index (χ0v) is 41.7. The van der Waals surface area contributed by atoms with Crippen molar-refractivity contribution in [1.29, 1.82) is 0 Å². The number of furan rings is 1. The van der Waals surface area contributed by atoms with Crippen LogP contribution in [0.25, 0.3) is 111 Å². The summed E-state index contributed by atoms with van der Waals surface area (Å²) >= 11 is 0. The molecule has 6 nitrogen and oxygen atoms in total. The van der Waals surface area contributed by atoms with Crippen LogP contribution >= 0.6 is 0 Å². The molecular weight excluding hydrogens is 857 g/mol. The van der Waals surface area contributed by atoms with Crippen molar-refractivity contribution in [3.8, 4) is 45.2 Å². The number of para-hydroxylation sites is 2. The summed E-state index contributed by atoms with van der Waals surface area (Å²) in [5.74, 6) is 1.30. The van der Waals surface area contributed by atoms with E-state index in [-0.39, 0.29) is 28.4 Å². The Bertz CT molecular complexity index is 4060. The van der Waals surface area contributed by atoms with E-state index >= 15 is 0 Å². The summed E-state index contributed by atoms with van der Waals surface area (Å²) in [4.78, 5) is 11.4. The van der Waals surface area contributed by atoms with Crippen LogP contribution in [0.5, 0.6) is 5.75 Å². The van der Waals surface area contributed by atoms with E-state index < -0.39 is 0 Å². The van der Waals surface area contributed by atoms with Gasteiger partial charge in [0.15, 0.2) is 0 Å². The fourth-order valence-electron chi connectivity index (χ4n) is 11.0. The third-order valence-corrected chi connectivity index (χ3v) is 14.6. The van der Waals surface area contributed by atoms with Crippen LogP contribution in [0.15, 0.2) is 156 Å². The van der Waals surface area contributed by atoms with Gasteiger partial charge in [-0.25, -0.2) is 9.97 Å². The third-order valence-electron chi connectivity index (χ3n) is 14.6. The highest BCUT2D eigenvalue weighted by molar-refractivity contribution is 6.32. The molecule has 0 aliphatic rings. The van der Waals surface area contributed by atoms with Crippen molar-refractivity contribution in [2.75, 3.05) is 0 Å². The monoisotopic (exact) mass is 914 g/mol. The van der Waals surface area contributed by atoms with Crippen LogP contribution in [0.1, 0.15) is 103 Å². The molecule has 8 aromatic carbocycles. The van der Waals surface area contributed by atoms with Gasteiger partial charge in [-0.15, -0.1) is 0 Å². The Hall–Kier alpha value is -7.70. The summed E-state index contributed by atoms with van der Waals surface area (Å²) in [7, 11) is 0. The van der Waals surface area contributed by atoms with Gasteiger partial charge in [-0.3, -0.25) is 8.97 Å². The number of aromatic hydroxyl groups is 1. The molecule has 4 aromatic heterocycles. The van der Waals surface area contributed by atoms with E-state index in [1.54, 1.807) is 0 Å². The second kappa shape index (κ2) is 15.7. The van der Waals surface area contributed by atoms with Crippen molar-refractivity contribution in [2.24, 2.45) is 0 Å². The number of hydrogen-bond donors (Lipinski definition) is 1. The Kier molecular flexibility index (Phi) is 9.75. The summed E-state index contributed by atoms with van der Waals surface area (Å²) in [5.41, 5.74) is 15.3. The Morgan fingerprint density at radius 1 is 0.543 bits per heavy atom. The average molecular weight is 915 g/mol. The highest BCUT2D eigenvalue weighted by Gasteiger charge is 2.31. The first-order chi connectivity index (χ1) is 33.6. The fourth-order valence-corrected chi connectivity index (χ4v) is 11.0. The zero-order valence-electron chi connectivity index (χ0n) is 41.7. The van der Waals surface area contributed by atoms with Gasteiger partial charge >= 0.3 is 0 Å². The number of imidazole rings is 2. The standard InChI is InChI=1S/C64H58N4O2/c1-36(2)46-31-40(38-19-12-11-13-20-38)32-47(37(3)4)59(46)68-52-26-18-24-43(58(52)66-62(68)48-33-41(63(5,6)7)34-49(60(48)69)64(8,9)10)50-35-67-51-25-17-16-23-44(51)55-45(61(67)65-50)28-30-54-57(55)56-42-22-15-14-21-39(42)27-29-53(56)70-54/h11-37,69H,1-10H3. The normalized spacial score (nSPS) is 12.7. The van der Waals surface area contributed by atoms with Crippen LogP contribution in [-0.4, -0.2) is 24.0 Å². The lowest BCUT2D eigenvalue weighted by molar-refractivity contribution is 0.446. The molecule has 12 rings (SSSR count). The maximum absolute atomic E-state index is 12.7. The molecule has 6 heteroatoms. The highest BCUT2D eigenvalue weighted by Crippen LogP contribution is 2.48. The first-order valence-electron chi connectivity index (χ1n) is 24.8. The Labute approximate surface area is 408 Å². The number of pyridine rings is 1. The molecule has 346 valence electrons. The largest absolute Gasteiger partial charge is 0.507 e. The lowest BCUT2D eigenvalue weighted by Crippen LogP contribution is -2.17. The quantitative estimate of drug-likeness (QED) is 0.169. The second-order valence-electron chi connectivity index (χ2n) is 22.0. The summed E-state index contributed by atoms with van der Waals surface area (Å²) in [6.45, 7) is 22.4. The summed E-state index contributed by atoms with van der Waals surface area (Å²) in [5, 5.41) is 20.6. The number of hydrogen-bond acceptors (Lipinski definition) is 4. The molecule has 0 saturated heterocycles. The predicted molar refractivity (Wildman–Crippen MR) is 293 cm³/mol. The van der Waals surface area contributed by atoms with Gasteiger partial charge in [-0.1, -0.05) is 166 Å². The molecule has 0 amide bonds. The lowest BCUT2D eigenvalue weighted by atomic mass is 9.78. The smallest absolute Gasteiger partial charge is 0.149 e. The van der Waals surface area contributed by atoms with Crippen LogP contribution in [0.3, 0.4) is 0 Å². The molecule has 0 spiro atoms. The third kappa shape index (κ3) is 6.67. The topological polar surface area (TPSA) is 68.5 Å². The van der Waals surface area contributed by atoms with Crippen molar-refractivity contribution in [1.82, 2.24) is 18.9 Å². The van der Waals surface area contributed by atoms with Gasteiger partial charge in [0.1, 0.15) is 28.4 Å². The van der Waals surface area contributed by atoms with E-state index in [9.17, 15) is 5.11 Å². The van der Waals surface area contributed by atoms with Crippen molar-refractivity contribution < 1.29 is 9.52 Å². The number of nitrogens with zero attached hydrogens (tertiary/aromatic N) is 4. The summed E-state index contributed by atoms with van der Waals surface area (Å²) < 4.78 is 11.2. The van der Waals surface area contributed by atoms with Gasteiger partial charge in [0.2, 0.25) is 0 Å². The minimum absolute atomic E-state index is 0.168. The first-order valence-corrected chi connectivity index (χ1v) is 24.8. The molecule has 0 unspecified atom stereocenters. The van der Waals surface area contributed by atoms with Crippen LogP contribution in [0.2, 0.25) is 0 Å². The second-order valence-corrected chi connectivity index (χ2v) is 22.0. The van der Waals surface area contributed by atoms with E-state index in [1.165, 1.54) is 33.0 Å². The molecule has 0 saturated carbocycles. The van der Waals surface area contributed by atoms with Crippen molar-refractivity contribution >= 4 is 71.1 Å². The predicted octanol–water partition coefficient (Wildman–Crippen LogP) is 17.6. The van der Waals surface area contributed by atoms with Gasteiger partial charge in [-0.05, 0) is 110 Å². The van der Waals surface area contributed by atoms with Crippen molar-refractivity contribution in [2.45, 2.75) is 91.9 Å². The fraction of sp³-hybridized carbons (Fsp3) is 0.219. The minimum atomic E-state index is -0.338. The Morgan fingerprint density at radius 3 is 1.91 bits per heavy atom. The van der Waals surface area contributed by atoms with E-state index in [1.807, 2.05) is 0 Å². The van der Waals surface area contributed by atoms with Crippen LogP contribution in [0.4, 0.5) is 0 Å². The lowest BCUT2D eigenvalue weighted by Gasteiger charge is -2.28. The first kappa shape index (κ1) is 43.6. The molecule has 0 atom stereocenters. The van der Waals surface area contributed by atoms with Crippen LogP contribution < -0.4 is 0 Å². The summed E-state index contributed by atoms with van der Waals surface area (Å²) in [6, 6.07) is 52.0. The SMILES string of the molecule is CC(C)c1cc(-c2ccccc2)cc(C(C)C)c1-n1c(-c2cc(C(C)(C)C)cc(C(C)(C)C)c2O)nc2c(-c3cn4c5ccccc5c5c(ccc6oc7ccc8ccccc8c7c65)c4n3)cccc21. The number of phenolic OH excluding ortho intramolecular Hbond substituents is 1. The summed E-state index contributed by atoms with van der Waals surface area (Å²) in [6.07, 6.45) is 2.18. The maximum Gasteiger partial charge on any atom is 0.149 e. The number of benzene rings is 8. The number of phenols is 1. The Balaban J connectivity index is 1.19. The molecule has 4 heterocycles. The number of aromatic nitrogens is 4. The van der Waals surface area contributed by atoms with E-state index in [4.69, 9.17) is 14.4 Å². The highest BCUT2D eigenvalue weighted by atomic mass is 16.3. The maximum atomic E-state index is 12.7. The van der Waals surface area contributed by atoms with Gasteiger partial charge in [0.25, 0.3) is 0 Å². The van der Waals surface area contributed by atoms with E-state index in [2.05, 4.69) is 230 Å². The Morgan fingerprint density at radius 2 is 1.20 bits per heavy atom. The molecule has 0 aliphatic heterocycles. The van der Waals surface area contributed by atoms with E-state index in [0.717, 1.165) is 88.4 Å². The molecule has 12 aromatic rings. The van der Waals surface area contributed by atoms with Crippen molar-refractivity contribution in [3.63, 3.8) is 0 Å². The molecular formula is C64H58N4O2. The molecule has 1 N–H and O–H groups in total. The number of fused-ring (bicyclic) bond motifs is 13. The van der Waals surface area contributed by atoms with Gasteiger partial charge in [-0.2, -0.15) is 0 Å². The zero-order chi connectivity index (χ0) is 48.5. The molecule has 0 fully saturated rings. The minimum Gasteiger partial charge on any atom is -0.507 e. The van der Waals surface area contributed by atoms with Gasteiger partial charge in [0, 0.05) is 44.3 Å². The van der Waals surface area contributed by atoms with Gasteiger partial charge < -0.3 is 9.52 Å².